The van der Waals surface area contributed by atoms with Crippen molar-refractivity contribution >= 4 is 11.6 Å². The van der Waals surface area contributed by atoms with Gasteiger partial charge in [-0.05, 0) is 50.4 Å². The summed E-state index contributed by atoms with van der Waals surface area (Å²) < 4.78 is 6.27. The molecule has 3 fully saturated rings. The van der Waals surface area contributed by atoms with Gasteiger partial charge in [0.25, 0.3) is 0 Å². The van der Waals surface area contributed by atoms with Crippen molar-refractivity contribution in [3.63, 3.8) is 0 Å². The summed E-state index contributed by atoms with van der Waals surface area (Å²) in [6.45, 7) is 4.45. The minimum Gasteiger partial charge on any atom is -0.375 e. The van der Waals surface area contributed by atoms with Crippen LogP contribution in [0.2, 0.25) is 0 Å². The Labute approximate surface area is 217 Å². The minimum atomic E-state index is 0.245. The summed E-state index contributed by atoms with van der Waals surface area (Å²) in [6, 6.07) is 0. The summed E-state index contributed by atoms with van der Waals surface area (Å²) in [4.78, 5) is 23.5. The first-order valence-corrected chi connectivity index (χ1v) is 15.7. The topological polar surface area (TPSA) is 43.4 Å². The van der Waals surface area contributed by atoms with Gasteiger partial charge in [-0.1, -0.05) is 104 Å². The number of carbonyl (C=O) groups is 2. The minimum absolute atomic E-state index is 0.245. The first-order valence-electron chi connectivity index (χ1n) is 15.7. The van der Waals surface area contributed by atoms with E-state index >= 15 is 0 Å². The molecule has 35 heavy (non-hydrogen) atoms. The van der Waals surface area contributed by atoms with Crippen LogP contribution < -0.4 is 0 Å². The normalized spacial score (nSPS) is 30.3. The third-order valence-electron chi connectivity index (χ3n) is 8.33. The van der Waals surface area contributed by atoms with Crippen molar-refractivity contribution in [1.82, 2.24) is 0 Å². The maximum Gasteiger partial charge on any atom is 0.133 e. The van der Waals surface area contributed by atoms with Gasteiger partial charge >= 0.3 is 0 Å². The molecule has 3 aliphatic rings. The van der Waals surface area contributed by atoms with Crippen molar-refractivity contribution < 1.29 is 14.3 Å². The number of Topliss-reactive ketones (excluding diaryl/α,β-unsaturated/α-hetero) is 2. The number of ketones is 2. The number of hydrogen-bond donors (Lipinski definition) is 0. The van der Waals surface area contributed by atoms with Crippen LogP contribution in [0.5, 0.6) is 0 Å². The predicted octanol–water partition coefficient (Wildman–Crippen LogP) is 9.54. The molecule has 2 unspecified atom stereocenters. The summed E-state index contributed by atoms with van der Waals surface area (Å²) >= 11 is 0. The second kappa shape index (κ2) is 19.4. The Balaban J connectivity index is 0.000000247. The van der Waals surface area contributed by atoms with Crippen LogP contribution in [0.3, 0.4) is 0 Å². The van der Waals surface area contributed by atoms with Crippen LogP contribution in [0.15, 0.2) is 0 Å². The Hall–Kier alpha value is -0.700. The Morgan fingerprint density at radius 3 is 1.23 bits per heavy atom. The summed E-state index contributed by atoms with van der Waals surface area (Å²) in [5.41, 5.74) is 0. The van der Waals surface area contributed by atoms with Crippen molar-refractivity contribution in [3.8, 4) is 0 Å². The highest BCUT2D eigenvalue weighted by molar-refractivity contribution is 5.81. The van der Waals surface area contributed by atoms with Crippen molar-refractivity contribution in [2.75, 3.05) is 0 Å². The van der Waals surface area contributed by atoms with E-state index in [1.165, 1.54) is 116 Å². The van der Waals surface area contributed by atoms with Gasteiger partial charge in [0.1, 0.15) is 11.6 Å². The SMILES string of the molecule is CC1CC(=O)CCCCCCCCCCC(=O)C1.CC1CC2CCCCCCCCCCC(C1)O2. The van der Waals surface area contributed by atoms with Gasteiger partial charge in [-0.15, -0.1) is 0 Å². The molecule has 0 amide bonds. The molecule has 0 aromatic rings. The average molecular weight is 491 g/mol. The standard InChI is InChI=1S/C16H28O2.C16H30O/c1-14-12-15(17)10-8-6-4-2-3-5-7-9-11-16(18)13-14;1-14-12-15-10-8-6-4-2-3-5-7-9-11-16(13-14)17-15/h14H,2-13H2,1H3;14-16H,2-13H2,1H3. The molecule has 2 heterocycles. The van der Waals surface area contributed by atoms with Crippen molar-refractivity contribution in [2.45, 2.75) is 180 Å². The van der Waals surface area contributed by atoms with Crippen LogP contribution in [0, 0.1) is 11.8 Å². The van der Waals surface area contributed by atoms with Gasteiger partial charge in [-0.2, -0.15) is 0 Å². The van der Waals surface area contributed by atoms with E-state index in [9.17, 15) is 9.59 Å². The molecule has 2 bridgehead atoms. The lowest BCUT2D eigenvalue weighted by atomic mass is 9.89. The van der Waals surface area contributed by atoms with E-state index in [1.54, 1.807) is 0 Å². The van der Waals surface area contributed by atoms with Gasteiger partial charge in [0.05, 0.1) is 12.2 Å². The van der Waals surface area contributed by atoms with E-state index in [1.807, 2.05) is 6.92 Å². The molecule has 0 N–H and O–H groups in total. The van der Waals surface area contributed by atoms with Crippen LogP contribution in [0.1, 0.15) is 168 Å². The molecular formula is C32H58O3. The van der Waals surface area contributed by atoms with Gasteiger partial charge in [0.15, 0.2) is 0 Å². The van der Waals surface area contributed by atoms with E-state index in [0.29, 0.717) is 36.6 Å². The molecule has 3 rings (SSSR count). The molecule has 3 nitrogen and oxygen atoms in total. The van der Waals surface area contributed by atoms with E-state index in [4.69, 9.17) is 4.74 Å². The molecule has 204 valence electrons. The maximum atomic E-state index is 11.7. The molecule has 0 radical (unpaired) electrons. The van der Waals surface area contributed by atoms with Gasteiger partial charge in [0, 0.05) is 25.7 Å². The van der Waals surface area contributed by atoms with Gasteiger partial charge in [-0.3, -0.25) is 9.59 Å². The summed E-state index contributed by atoms with van der Waals surface area (Å²) in [5, 5.41) is 0. The highest BCUT2D eigenvalue weighted by Crippen LogP contribution is 2.30. The van der Waals surface area contributed by atoms with E-state index < -0.39 is 0 Å². The van der Waals surface area contributed by atoms with Gasteiger partial charge < -0.3 is 4.74 Å². The number of rotatable bonds is 0. The Kier molecular flexibility index (Phi) is 16.9. The van der Waals surface area contributed by atoms with Gasteiger partial charge in [0.2, 0.25) is 0 Å². The molecular weight excluding hydrogens is 432 g/mol. The molecule has 2 atom stereocenters. The predicted molar refractivity (Wildman–Crippen MR) is 148 cm³/mol. The summed E-state index contributed by atoms with van der Waals surface area (Å²) in [7, 11) is 0. The smallest absolute Gasteiger partial charge is 0.133 e. The van der Waals surface area contributed by atoms with Crippen LogP contribution in [0.4, 0.5) is 0 Å². The molecule has 1 aliphatic carbocycles. The zero-order valence-corrected chi connectivity index (χ0v) is 23.5. The number of carbonyl (C=O) groups excluding carboxylic acids is 2. The lowest BCUT2D eigenvalue weighted by Crippen LogP contribution is -2.31. The lowest BCUT2D eigenvalue weighted by Gasteiger charge is -2.34. The molecule has 0 spiro atoms. The molecule has 2 saturated heterocycles. The Morgan fingerprint density at radius 1 is 0.486 bits per heavy atom. The van der Waals surface area contributed by atoms with Crippen LogP contribution >= 0.6 is 0 Å². The largest absolute Gasteiger partial charge is 0.375 e. The maximum absolute atomic E-state index is 11.7. The summed E-state index contributed by atoms with van der Waals surface area (Å²) in [6.07, 6.45) is 30.1. The fourth-order valence-corrected chi connectivity index (χ4v) is 6.31. The number of fused-ring (bicyclic) bond motifs is 2. The number of ether oxygens (including phenoxy) is 1. The van der Waals surface area contributed by atoms with Crippen molar-refractivity contribution in [2.24, 2.45) is 11.8 Å². The fraction of sp³-hybridized carbons (Fsp3) is 0.938. The van der Waals surface area contributed by atoms with E-state index in [-0.39, 0.29) is 5.92 Å². The number of hydrogen-bond acceptors (Lipinski definition) is 3. The highest BCUT2D eigenvalue weighted by Gasteiger charge is 2.26. The van der Waals surface area contributed by atoms with Crippen LogP contribution in [0.25, 0.3) is 0 Å². The van der Waals surface area contributed by atoms with Gasteiger partial charge in [-0.25, -0.2) is 0 Å². The van der Waals surface area contributed by atoms with Crippen LogP contribution in [-0.2, 0) is 14.3 Å². The lowest BCUT2D eigenvalue weighted by molar-refractivity contribution is -0.121. The fourth-order valence-electron chi connectivity index (χ4n) is 6.31. The second-order valence-electron chi connectivity index (χ2n) is 12.3. The van der Waals surface area contributed by atoms with Crippen molar-refractivity contribution in [3.05, 3.63) is 0 Å². The Bertz CT molecular complexity index is 511. The zero-order chi connectivity index (χ0) is 25.1. The average Bonchev–Trinajstić information content (AvgIpc) is 2.81. The quantitative estimate of drug-likeness (QED) is 0.339. The molecule has 0 aromatic heterocycles. The molecule has 1 saturated carbocycles. The molecule has 3 heteroatoms. The zero-order valence-electron chi connectivity index (χ0n) is 23.5. The Morgan fingerprint density at radius 2 is 0.829 bits per heavy atom. The monoisotopic (exact) mass is 490 g/mol. The summed E-state index contributed by atoms with van der Waals surface area (Å²) in [5.74, 6) is 1.84. The van der Waals surface area contributed by atoms with E-state index in [2.05, 4.69) is 6.92 Å². The highest BCUT2D eigenvalue weighted by atomic mass is 16.5. The molecule has 0 aromatic carbocycles. The third kappa shape index (κ3) is 15.9. The second-order valence-corrected chi connectivity index (χ2v) is 12.3. The first-order chi connectivity index (χ1) is 17.0. The van der Waals surface area contributed by atoms with Crippen molar-refractivity contribution in [1.29, 1.82) is 0 Å². The third-order valence-corrected chi connectivity index (χ3v) is 8.33. The molecule has 2 aliphatic heterocycles. The first kappa shape index (κ1) is 30.5. The van der Waals surface area contributed by atoms with Crippen LogP contribution in [-0.4, -0.2) is 23.8 Å². The van der Waals surface area contributed by atoms with E-state index in [0.717, 1.165) is 31.6 Å².